The molecular weight excluding hydrogens is 348 g/mol. The van der Waals surface area contributed by atoms with E-state index in [9.17, 15) is 9.90 Å². The van der Waals surface area contributed by atoms with Gasteiger partial charge in [-0.1, -0.05) is 0 Å². The van der Waals surface area contributed by atoms with Crippen molar-refractivity contribution in [1.29, 1.82) is 0 Å². The maximum atomic E-state index is 11.8. The molecule has 27 heavy (non-hydrogen) atoms. The standard InChI is InChI=1S/C18H26N6O3/c1-4-24-12-13(10-21-24)9-19-17-20-11-14(18(2,3)16(25)26)15(22-17)23-5-7-27-8-6-23/h10-12H,4-9H2,1-3H3,(H,25,26)(H,19,20,22). The Kier molecular flexibility index (Phi) is 5.59. The van der Waals surface area contributed by atoms with Crippen molar-refractivity contribution in [2.45, 2.75) is 39.3 Å². The summed E-state index contributed by atoms with van der Waals surface area (Å²) in [6, 6.07) is 0. The zero-order valence-corrected chi connectivity index (χ0v) is 16.0. The number of carboxylic acids is 1. The van der Waals surface area contributed by atoms with E-state index in [2.05, 4.69) is 25.3 Å². The molecule has 0 spiro atoms. The second-order valence-electron chi connectivity index (χ2n) is 7.02. The molecule has 2 aromatic rings. The highest BCUT2D eigenvalue weighted by Crippen LogP contribution is 2.32. The number of aryl methyl sites for hydroxylation is 1. The summed E-state index contributed by atoms with van der Waals surface area (Å²) in [4.78, 5) is 22.8. The molecule has 1 aliphatic heterocycles. The first-order valence-corrected chi connectivity index (χ1v) is 9.10. The number of aromatic nitrogens is 4. The van der Waals surface area contributed by atoms with Crippen LogP contribution in [0.4, 0.5) is 11.8 Å². The minimum atomic E-state index is -1.09. The van der Waals surface area contributed by atoms with Gasteiger partial charge in [-0.05, 0) is 20.8 Å². The summed E-state index contributed by atoms with van der Waals surface area (Å²) in [7, 11) is 0. The van der Waals surface area contributed by atoms with Crippen LogP contribution in [0, 0.1) is 0 Å². The molecule has 9 nitrogen and oxygen atoms in total. The molecule has 1 saturated heterocycles. The molecule has 146 valence electrons. The van der Waals surface area contributed by atoms with Crippen molar-refractivity contribution in [1.82, 2.24) is 19.7 Å². The summed E-state index contributed by atoms with van der Waals surface area (Å²) in [5, 5.41) is 17.1. The van der Waals surface area contributed by atoms with Gasteiger partial charge < -0.3 is 20.1 Å². The van der Waals surface area contributed by atoms with E-state index < -0.39 is 11.4 Å². The van der Waals surface area contributed by atoms with E-state index in [1.54, 1.807) is 26.2 Å². The fraction of sp³-hybridized carbons (Fsp3) is 0.556. The van der Waals surface area contributed by atoms with Gasteiger partial charge in [0.05, 0.1) is 24.8 Å². The van der Waals surface area contributed by atoms with Gasteiger partial charge >= 0.3 is 5.97 Å². The Morgan fingerprint density at radius 2 is 2.07 bits per heavy atom. The van der Waals surface area contributed by atoms with E-state index in [1.807, 2.05) is 17.8 Å². The summed E-state index contributed by atoms with van der Waals surface area (Å²) in [5.41, 5.74) is 0.540. The molecule has 0 aliphatic carbocycles. The average molecular weight is 374 g/mol. The molecule has 3 heterocycles. The Morgan fingerprint density at radius 1 is 1.33 bits per heavy atom. The predicted octanol–water partition coefficient (Wildman–Crippen LogP) is 1.50. The van der Waals surface area contributed by atoms with Gasteiger partial charge in [-0.3, -0.25) is 9.48 Å². The molecule has 0 radical (unpaired) electrons. The van der Waals surface area contributed by atoms with Crippen LogP contribution in [0.5, 0.6) is 0 Å². The molecule has 0 aromatic carbocycles. The van der Waals surface area contributed by atoms with Crippen LogP contribution in [-0.2, 0) is 28.0 Å². The summed E-state index contributed by atoms with van der Waals surface area (Å²) in [6.07, 6.45) is 5.39. The van der Waals surface area contributed by atoms with Crippen molar-refractivity contribution >= 4 is 17.7 Å². The van der Waals surface area contributed by atoms with Gasteiger partial charge in [0.2, 0.25) is 5.95 Å². The highest BCUT2D eigenvalue weighted by molar-refractivity contribution is 5.82. The minimum Gasteiger partial charge on any atom is -0.481 e. The number of nitrogens with zero attached hydrogens (tertiary/aromatic N) is 5. The zero-order valence-electron chi connectivity index (χ0n) is 16.0. The quantitative estimate of drug-likeness (QED) is 0.751. The molecule has 0 saturated carbocycles. The van der Waals surface area contributed by atoms with E-state index in [0.29, 0.717) is 50.2 Å². The number of hydrogen-bond acceptors (Lipinski definition) is 7. The third-order valence-corrected chi connectivity index (χ3v) is 4.75. The van der Waals surface area contributed by atoms with Crippen molar-refractivity contribution in [3.8, 4) is 0 Å². The molecule has 0 unspecified atom stereocenters. The Morgan fingerprint density at radius 3 is 2.70 bits per heavy atom. The Labute approximate surface area is 158 Å². The van der Waals surface area contributed by atoms with Crippen LogP contribution in [0.2, 0.25) is 0 Å². The number of aliphatic carboxylic acids is 1. The largest absolute Gasteiger partial charge is 0.481 e. The van der Waals surface area contributed by atoms with Gasteiger partial charge in [-0.25, -0.2) is 4.98 Å². The second-order valence-corrected chi connectivity index (χ2v) is 7.02. The van der Waals surface area contributed by atoms with Crippen molar-refractivity contribution < 1.29 is 14.6 Å². The lowest BCUT2D eigenvalue weighted by Crippen LogP contribution is -2.40. The fourth-order valence-electron chi connectivity index (χ4n) is 2.88. The highest BCUT2D eigenvalue weighted by Gasteiger charge is 2.35. The van der Waals surface area contributed by atoms with Crippen LogP contribution in [-0.4, -0.2) is 57.1 Å². The number of nitrogens with one attached hydrogen (secondary N) is 1. The molecule has 0 atom stereocenters. The van der Waals surface area contributed by atoms with Crippen LogP contribution in [0.15, 0.2) is 18.6 Å². The molecular formula is C18H26N6O3. The third-order valence-electron chi connectivity index (χ3n) is 4.75. The molecule has 2 N–H and O–H groups in total. The summed E-state index contributed by atoms with van der Waals surface area (Å²) in [6.45, 7) is 9.26. The minimum absolute atomic E-state index is 0.464. The first-order valence-electron chi connectivity index (χ1n) is 9.10. The number of rotatable bonds is 7. The summed E-state index contributed by atoms with van der Waals surface area (Å²) in [5.74, 6) is 0.200. The second kappa shape index (κ2) is 7.91. The molecule has 0 bridgehead atoms. The predicted molar refractivity (Wildman–Crippen MR) is 101 cm³/mol. The zero-order chi connectivity index (χ0) is 19.4. The van der Waals surface area contributed by atoms with Gasteiger partial charge in [0.1, 0.15) is 5.82 Å². The van der Waals surface area contributed by atoms with Gasteiger partial charge in [0, 0.05) is 49.7 Å². The average Bonchev–Trinajstić information content (AvgIpc) is 3.15. The number of hydrogen-bond donors (Lipinski definition) is 2. The molecule has 3 rings (SSSR count). The van der Waals surface area contributed by atoms with Crippen molar-refractivity contribution in [3.63, 3.8) is 0 Å². The van der Waals surface area contributed by atoms with Gasteiger partial charge in [0.25, 0.3) is 0 Å². The van der Waals surface area contributed by atoms with Crippen LogP contribution in [0.25, 0.3) is 0 Å². The lowest BCUT2D eigenvalue weighted by Gasteiger charge is -2.32. The third kappa shape index (κ3) is 4.19. The van der Waals surface area contributed by atoms with Crippen LogP contribution in [0.1, 0.15) is 31.9 Å². The molecule has 1 aliphatic rings. The van der Waals surface area contributed by atoms with Crippen LogP contribution < -0.4 is 10.2 Å². The van der Waals surface area contributed by atoms with E-state index in [1.165, 1.54) is 0 Å². The smallest absolute Gasteiger partial charge is 0.313 e. The normalized spacial score (nSPS) is 15.0. The lowest BCUT2D eigenvalue weighted by molar-refractivity contribution is -0.142. The molecule has 2 aromatic heterocycles. The first kappa shape index (κ1) is 19.1. The van der Waals surface area contributed by atoms with Crippen LogP contribution >= 0.6 is 0 Å². The molecule has 0 amide bonds. The van der Waals surface area contributed by atoms with E-state index in [-0.39, 0.29) is 0 Å². The maximum absolute atomic E-state index is 11.8. The van der Waals surface area contributed by atoms with Crippen molar-refractivity contribution in [3.05, 3.63) is 29.7 Å². The van der Waals surface area contributed by atoms with Crippen molar-refractivity contribution in [2.24, 2.45) is 0 Å². The van der Waals surface area contributed by atoms with Crippen molar-refractivity contribution in [2.75, 3.05) is 36.5 Å². The summed E-state index contributed by atoms with van der Waals surface area (Å²) >= 11 is 0. The molecule has 9 heteroatoms. The Bertz CT molecular complexity index is 798. The monoisotopic (exact) mass is 374 g/mol. The van der Waals surface area contributed by atoms with Crippen LogP contribution in [0.3, 0.4) is 0 Å². The highest BCUT2D eigenvalue weighted by atomic mass is 16.5. The van der Waals surface area contributed by atoms with Gasteiger partial charge in [-0.2, -0.15) is 10.1 Å². The lowest BCUT2D eigenvalue weighted by atomic mass is 9.85. The number of ether oxygens (including phenoxy) is 1. The Balaban J connectivity index is 1.86. The van der Waals surface area contributed by atoms with E-state index in [0.717, 1.165) is 12.1 Å². The molecule has 1 fully saturated rings. The van der Waals surface area contributed by atoms with E-state index >= 15 is 0 Å². The number of morpholine rings is 1. The number of anilines is 2. The fourth-order valence-corrected chi connectivity index (χ4v) is 2.88. The number of carboxylic acid groups (broad SMARTS) is 1. The summed E-state index contributed by atoms with van der Waals surface area (Å²) < 4.78 is 7.27. The Hall–Kier alpha value is -2.68. The topological polar surface area (TPSA) is 105 Å². The SMILES string of the molecule is CCn1cc(CNc2ncc(C(C)(C)C(=O)O)c(N3CCOCC3)n2)cn1. The maximum Gasteiger partial charge on any atom is 0.313 e. The van der Waals surface area contributed by atoms with Gasteiger partial charge in [-0.15, -0.1) is 0 Å². The first-order chi connectivity index (χ1) is 12.9. The van der Waals surface area contributed by atoms with E-state index in [4.69, 9.17) is 4.74 Å². The van der Waals surface area contributed by atoms with Gasteiger partial charge in [0.15, 0.2) is 0 Å². The number of carbonyl (C=O) groups is 1.